The van der Waals surface area contributed by atoms with Crippen molar-refractivity contribution in [3.05, 3.63) is 59.2 Å². The number of nitrogens with one attached hydrogen (secondary N) is 3. The zero-order valence-corrected chi connectivity index (χ0v) is 16.2. The first-order chi connectivity index (χ1) is 13.1. The molecule has 0 bridgehead atoms. The molecule has 0 fully saturated rings. The number of halogens is 3. The van der Waals surface area contributed by atoms with E-state index in [1.807, 2.05) is 0 Å². The third-order valence-corrected chi connectivity index (χ3v) is 4.55. The molecule has 150 valence electrons. The molecule has 0 amide bonds. The molecule has 0 aliphatic heterocycles. The first-order valence-corrected chi connectivity index (χ1v) is 9.24. The van der Waals surface area contributed by atoms with Crippen LogP contribution >= 0.6 is 0 Å². The Morgan fingerprint density at radius 1 is 0.929 bits per heavy atom. The zero-order valence-electron chi connectivity index (χ0n) is 16.2. The summed E-state index contributed by atoms with van der Waals surface area (Å²) in [5.41, 5.74) is 2.83. The number of H-pyrrole nitrogens is 1. The minimum absolute atomic E-state index is 0.142. The smallest absolute Gasteiger partial charge is 0.355 e. The number of aromatic amines is 1. The first kappa shape index (κ1) is 20.2. The molecule has 0 unspecified atom stereocenters. The maximum atomic E-state index is 12.8. The van der Waals surface area contributed by atoms with E-state index >= 15 is 0 Å². The molecule has 0 atom stereocenters. The minimum Gasteiger partial charge on any atom is -0.355 e. The Bertz CT molecular complexity index is 921. The highest BCUT2D eigenvalue weighted by molar-refractivity contribution is 5.78. The highest BCUT2D eigenvalue weighted by atomic mass is 19.4. The van der Waals surface area contributed by atoms with E-state index in [1.54, 1.807) is 0 Å². The number of fused-ring (bicyclic) bond motifs is 1. The Hall–Kier alpha value is -2.54. The third-order valence-electron chi connectivity index (χ3n) is 4.55. The van der Waals surface area contributed by atoms with Gasteiger partial charge in [-0.2, -0.15) is 13.2 Å². The van der Waals surface area contributed by atoms with Gasteiger partial charge in [0.15, 0.2) is 0 Å². The number of aromatic nitrogens is 2. The van der Waals surface area contributed by atoms with Gasteiger partial charge in [0.1, 0.15) is 0 Å². The molecule has 1 aromatic heterocycles. The lowest BCUT2D eigenvalue weighted by Gasteiger charge is -2.19. The maximum absolute atomic E-state index is 12.8. The number of benzene rings is 2. The van der Waals surface area contributed by atoms with Crippen molar-refractivity contribution in [2.24, 2.45) is 0 Å². The van der Waals surface area contributed by atoms with Crippen molar-refractivity contribution in [1.82, 2.24) is 15.3 Å². The van der Waals surface area contributed by atoms with Crippen molar-refractivity contribution < 1.29 is 13.2 Å². The first-order valence-electron chi connectivity index (χ1n) is 9.24. The van der Waals surface area contributed by atoms with Crippen LogP contribution in [-0.4, -0.2) is 23.1 Å². The summed E-state index contributed by atoms with van der Waals surface area (Å²) in [6.07, 6.45) is -4.36. The zero-order chi connectivity index (χ0) is 20.4. The number of hydrogen-bond acceptors (Lipinski definition) is 3. The SMILES string of the molecule is CC(C)(C)c1ccc(CNCCNc2nc3ccc(C(F)(F)F)cc3[nH]2)cc1. The number of alkyl halides is 3. The fraction of sp³-hybridized carbons (Fsp3) is 0.381. The van der Waals surface area contributed by atoms with Crippen LogP contribution in [0.5, 0.6) is 0 Å². The second-order valence-electron chi connectivity index (χ2n) is 7.87. The van der Waals surface area contributed by atoms with Crippen LogP contribution in [0.2, 0.25) is 0 Å². The number of rotatable bonds is 6. The molecule has 4 nitrogen and oxygen atoms in total. The molecule has 1 heterocycles. The molecule has 0 radical (unpaired) electrons. The second kappa shape index (κ2) is 7.83. The normalized spacial score (nSPS) is 12.5. The fourth-order valence-corrected chi connectivity index (χ4v) is 2.89. The molecule has 3 N–H and O–H groups in total. The maximum Gasteiger partial charge on any atom is 0.416 e. The van der Waals surface area contributed by atoms with Gasteiger partial charge in [0.2, 0.25) is 5.95 Å². The molecule has 0 aliphatic carbocycles. The molecule has 7 heteroatoms. The van der Waals surface area contributed by atoms with Crippen molar-refractivity contribution in [1.29, 1.82) is 0 Å². The van der Waals surface area contributed by atoms with E-state index in [2.05, 4.69) is 65.6 Å². The Labute approximate surface area is 162 Å². The fourth-order valence-electron chi connectivity index (χ4n) is 2.89. The summed E-state index contributed by atoms with van der Waals surface area (Å²) in [6, 6.07) is 12.0. The molecule has 2 aromatic carbocycles. The predicted octanol–water partition coefficient (Wildman–Crippen LogP) is 5.08. The van der Waals surface area contributed by atoms with E-state index < -0.39 is 11.7 Å². The van der Waals surface area contributed by atoms with Gasteiger partial charge in [0, 0.05) is 19.6 Å². The standard InChI is InChI=1S/C21H25F3N4/c1-20(2,3)15-6-4-14(5-7-15)13-25-10-11-26-19-27-17-9-8-16(21(22,23)24)12-18(17)28-19/h4-9,12,25H,10-11,13H2,1-3H3,(H2,26,27,28). The van der Waals surface area contributed by atoms with Gasteiger partial charge < -0.3 is 15.6 Å². The van der Waals surface area contributed by atoms with E-state index in [4.69, 9.17) is 0 Å². The Kier molecular flexibility index (Phi) is 5.65. The molecule has 0 spiro atoms. The Morgan fingerprint density at radius 3 is 2.25 bits per heavy atom. The third kappa shape index (κ3) is 5.04. The molecule has 3 aromatic rings. The summed E-state index contributed by atoms with van der Waals surface area (Å²) >= 11 is 0. The van der Waals surface area contributed by atoms with Crippen molar-refractivity contribution in [3.63, 3.8) is 0 Å². The van der Waals surface area contributed by atoms with Gasteiger partial charge in [0.25, 0.3) is 0 Å². The molecule has 0 saturated heterocycles. The molecule has 0 aliphatic rings. The predicted molar refractivity (Wildman–Crippen MR) is 106 cm³/mol. The van der Waals surface area contributed by atoms with E-state index in [1.165, 1.54) is 17.2 Å². The lowest BCUT2D eigenvalue weighted by atomic mass is 9.87. The summed E-state index contributed by atoms with van der Waals surface area (Å²) in [7, 11) is 0. The van der Waals surface area contributed by atoms with E-state index in [0.717, 1.165) is 18.7 Å². The molecule has 0 saturated carbocycles. The van der Waals surface area contributed by atoms with Crippen molar-refractivity contribution in [3.8, 4) is 0 Å². The highest BCUT2D eigenvalue weighted by Gasteiger charge is 2.30. The highest BCUT2D eigenvalue weighted by Crippen LogP contribution is 2.31. The Balaban J connectivity index is 1.47. The lowest BCUT2D eigenvalue weighted by molar-refractivity contribution is -0.137. The van der Waals surface area contributed by atoms with Gasteiger partial charge in [-0.3, -0.25) is 0 Å². The minimum atomic E-state index is -4.36. The van der Waals surface area contributed by atoms with Crippen LogP contribution in [0.25, 0.3) is 11.0 Å². The number of nitrogens with zero attached hydrogens (tertiary/aromatic N) is 1. The quantitative estimate of drug-likeness (QED) is 0.515. The molecular formula is C21H25F3N4. The van der Waals surface area contributed by atoms with E-state index in [-0.39, 0.29) is 5.41 Å². The van der Waals surface area contributed by atoms with Crippen molar-refractivity contribution >= 4 is 17.0 Å². The molecular weight excluding hydrogens is 365 g/mol. The largest absolute Gasteiger partial charge is 0.416 e. The van der Waals surface area contributed by atoms with Gasteiger partial charge in [-0.05, 0) is 34.7 Å². The topological polar surface area (TPSA) is 52.7 Å². The van der Waals surface area contributed by atoms with E-state index in [9.17, 15) is 13.2 Å². The average molecular weight is 390 g/mol. The van der Waals surface area contributed by atoms with Crippen LogP contribution < -0.4 is 10.6 Å². The summed E-state index contributed by atoms with van der Waals surface area (Å²) < 4.78 is 38.3. The summed E-state index contributed by atoms with van der Waals surface area (Å²) in [5.74, 6) is 0.464. The van der Waals surface area contributed by atoms with Crippen molar-refractivity contribution in [2.75, 3.05) is 18.4 Å². The van der Waals surface area contributed by atoms with Gasteiger partial charge >= 0.3 is 6.18 Å². The Morgan fingerprint density at radius 2 is 1.61 bits per heavy atom. The summed E-state index contributed by atoms with van der Waals surface area (Å²) in [4.78, 5) is 7.15. The molecule has 28 heavy (non-hydrogen) atoms. The number of hydrogen-bond donors (Lipinski definition) is 3. The number of imidazole rings is 1. The monoisotopic (exact) mass is 390 g/mol. The average Bonchev–Trinajstić information content (AvgIpc) is 3.02. The lowest BCUT2D eigenvalue weighted by Crippen LogP contribution is -2.22. The second-order valence-corrected chi connectivity index (χ2v) is 7.87. The van der Waals surface area contributed by atoms with E-state index in [0.29, 0.717) is 30.1 Å². The van der Waals surface area contributed by atoms with Crippen LogP contribution in [0.15, 0.2) is 42.5 Å². The van der Waals surface area contributed by atoms with Crippen LogP contribution in [0.4, 0.5) is 19.1 Å². The van der Waals surface area contributed by atoms with Crippen LogP contribution in [0.1, 0.15) is 37.5 Å². The van der Waals surface area contributed by atoms with Gasteiger partial charge in [-0.1, -0.05) is 45.0 Å². The van der Waals surface area contributed by atoms with Gasteiger partial charge in [0.05, 0.1) is 16.6 Å². The van der Waals surface area contributed by atoms with Crippen LogP contribution in [-0.2, 0) is 18.1 Å². The van der Waals surface area contributed by atoms with Crippen LogP contribution in [0, 0.1) is 0 Å². The van der Waals surface area contributed by atoms with Crippen LogP contribution in [0.3, 0.4) is 0 Å². The summed E-state index contributed by atoms with van der Waals surface area (Å²) in [6.45, 7) is 8.62. The molecule has 3 rings (SSSR count). The number of anilines is 1. The van der Waals surface area contributed by atoms with Gasteiger partial charge in [-0.15, -0.1) is 0 Å². The van der Waals surface area contributed by atoms with Crippen molar-refractivity contribution in [2.45, 2.75) is 38.9 Å². The summed E-state index contributed by atoms with van der Waals surface area (Å²) in [5, 5.41) is 6.44. The van der Waals surface area contributed by atoms with Gasteiger partial charge in [-0.25, -0.2) is 4.98 Å².